The molecule has 0 radical (unpaired) electrons. The highest BCUT2D eigenvalue weighted by Gasteiger charge is 2.28. The zero-order valence-corrected chi connectivity index (χ0v) is 14.8. The third kappa shape index (κ3) is 3.09. The predicted molar refractivity (Wildman–Crippen MR) is 98.3 cm³/mol. The molecule has 0 unspecified atom stereocenters. The number of carbonyl (C=O) groups excluding carboxylic acids is 2. The van der Waals surface area contributed by atoms with Crippen LogP contribution < -0.4 is 0 Å². The number of aromatic nitrogens is 2. The molecule has 0 saturated carbocycles. The average Bonchev–Trinajstić information content (AvgIpc) is 3.28. The summed E-state index contributed by atoms with van der Waals surface area (Å²) in [4.78, 5) is 34.8. The van der Waals surface area contributed by atoms with E-state index in [1.54, 1.807) is 11.4 Å². The van der Waals surface area contributed by atoms with Gasteiger partial charge in [-0.1, -0.05) is 12.1 Å². The summed E-state index contributed by atoms with van der Waals surface area (Å²) in [5.41, 5.74) is 2.61. The quantitative estimate of drug-likeness (QED) is 0.728. The number of rotatable bonds is 3. The van der Waals surface area contributed by atoms with Gasteiger partial charge in [0.1, 0.15) is 5.82 Å². The van der Waals surface area contributed by atoms with Gasteiger partial charge in [0.25, 0.3) is 5.91 Å². The number of hydrogen-bond donors (Lipinski definition) is 1. The first-order valence-electron chi connectivity index (χ1n) is 8.45. The van der Waals surface area contributed by atoms with Crippen molar-refractivity contribution in [2.75, 3.05) is 13.1 Å². The molecule has 1 atom stereocenters. The molecule has 2 aromatic heterocycles. The summed E-state index contributed by atoms with van der Waals surface area (Å²) in [5.74, 6) is 1.18. The summed E-state index contributed by atoms with van der Waals surface area (Å²) in [5, 5.41) is 1.78. The van der Waals surface area contributed by atoms with Crippen LogP contribution in [0.1, 0.15) is 51.5 Å². The van der Waals surface area contributed by atoms with Gasteiger partial charge in [-0.3, -0.25) is 9.59 Å². The Morgan fingerprint density at radius 1 is 1.32 bits per heavy atom. The number of H-pyrrole nitrogens is 1. The number of nitrogens with zero attached hydrogens (tertiary/aromatic N) is 2. The van der Waals surface area contributed by atoms with Crippen molar-refractivity contribution < 1.29 is 9.59 Å². The van der Waals surface area contributed by atoms with Gasteiger partial charge in [-0.05, 0) is 38.0 Å². The number of ketones is 1. The van der Waals surface area contributed by atoms with E-state index in [2.05, 4.69) is 4.98 Å². The van der Waals surface area contributed by atoms with Crippen molar-refractivity contribution in [1.82, 2.24) is 14.9 Å². The second-order valence-corrected chi connectivity index (χ2v) is 7.40. The number of para-hydroxylation sites is 2. The number of piperidine rings is 1. The standard InChI is InChI=1S/C19H19N3O2S/c1-12(23)17-9-14(11-25-17)19(24)22-8-4-5-13(10-22)18-20-15-6-2-3-7-16(15)21-18/h2-3,6-7,9,11,13H,4-5,8,10H2,1H3,(H,20,21)/t13-/m0/s1. The number of fused-ring (bicyclic) bond motifs is 1. The van der Waals surface area contributed by atoms with Crippen LogP contribution >= 0.6 is 11.3 Å². The molecule has 1 aromatic carbocycles. The summed E-state index contributed by atoms with van der Waals surface area (Å²) >= 11 is 1.33. The molecular formula is C19H19N3O2S. The molecule has 1 aliphatic heterocycles. The molecule has 6 heteroatoms. The van der Waals surface area contributed by atoms with E-state index in [9.17, 15) is 9.59 Å². The van der Waals surface area contributed by atoms with Crippen LogP contribution in [0.2, 0.25) is 0 Å². The van der Waals surface area contributed by atoms with Crippen molar-refractivity contribution in [2.45, 2.75) is 25.7 Å². The minimum absolute atomic E-state index is 0.00264. The minimum Gasteiger partial charge on any atom is -0.342 e. The fourth-order valence-corrected chi connectivity index (χ4v) is 4.15. The molecule has 3 heterocycles. The average molecular weight is 353 g/mol. The van der Waals surface area contributed by atoms with E-state index in [0.717, 1.165) is 36.2 Å². The molecule has 1 fully saturated rings. The Hall–Kier alpha value is -2.47. The first-order chi connectivity index (χ1) is 12.1. The molecule has 3 aromatic rings. The van der Waals surface area contributed by atoms with Crippen molar-refractivity contribution in [3.8, 4) is 0 Å². The van der Waals surface area contributed by atoms with Gasteiger partial charge >= 0.3 is 0 Å². The summed E-state index contributed by atoms with van der Waals surface area (Å²) in [6.45, 7) is 2.93. The fourth-order valence-electron chi connectivity index (χ4n) is 3.37. The van der Waals surface area contributed by atoms with Crippen molar-refractivity contribution in [1.29, 1.82) is 0 Å². The van der Waals surface area contributed by atoms with Gasteiger partial charge in [0.2, 0.25) is 0 Å². The first-order valence-corrected chi connectivity index (χ1v) is 9.33. The maximum absolute atomic E-state index is 12.8. The van der Waals surface area contributed by atoms with Crippen molar-refractivity contribution >= 4 is 34.1 Å². The number of likely N-dealkylation sites (tertiary alicyclic amines) is 1. The van der Waals surface area contributed by atoms with Gasteiger partial charge in [0.05, 0.1) is 21.5 Å². The van der Waals surface area contributed by atoms with Gasteiger partial charge in [-0.15, -0.1) is 11.3 Å². The zero-order valence-electron chi connectivity index (χ0n) is 14.0. The van der Waals surface area contributed by atoms with E-state index >= 15 is 0 Å². The Balaban J connectivity index is 1.53. The number of amides is 1. The molecule has 1 saturated heterocycles. The smallest absolute Gasteiger partial charge is 0.254 e. The summed E-state index contributed by atoms with van der Waals surface area (Å²) in [6, 6.07) is 9.69. The molecule has 5 nitrogen and oxygen atoms in total. The van der Waals surface area contributed by atoms with E-state index < -0.39 is 0 Å². The first kappa shape index (κ1) is 16.0. The Morgan fingerprint density at radius 2 is 2.16 bits per heavy atom. The van der Waals surface area contributed by atoms with Crippen LogP contribution in [0.15, 0.2) is 35.7 Å². The number of Topliss-reactive ketones (excluding diaryl/α,β-unsaturated/α-hetero) is 1. The second kappa shape index (κ2) is 6.44. The van der Waals surface area contributed by atoms with E-state index in [0.29, 0.717) is 17.0 Å². The molecule has 128 valence electrons. The molecule has 0 aliphatic carbocycles. The largest absolute Gasteiger partial charge is 0.342 e. The maximum Gasteiger partial charge on any atom is 0.254 e. The lowest BCUT2D eigenvalue weighted by Crippen LogP contribution is -2.39. The highest BCUT2D eigenvalue weighted by Crippen LogP contribution is 2.28. The van der Waals surface area contributed by atoms with Crippen LogP contribution in [0.3, 0.4) is 0 Å². The molecule has 1 amide bonds. The van der Waals surface area contributed by atoms with Crippen molar-refractivity contribution in [3.05, 3.63) is 52.0 Å². The lowest BCUT2D eigenvalue weighted by Gasteiger charge is -2.31. The number of benzene rings is 1. The molecule has 0 spiro atoms. The molecular weight excluding hydrogens is 334 g/mol. The van der Waals surface area contributed by atoms with Gasteiger partial charge < -0.3 is 9.88 Å². The van der Waals surface area contributed by atoms with Crippen LogP contribution in [-0.4, -0.2) is 39.6 Å². The highest BCUT2D eigenvalue weighted by molar-refractivity contribution is 7.12. The number of nitrogens with one attached hydrogen (secondary N) is 1. The van der Waals surface area contributed by atoms with Gasteiger partial charge in [0.15, 0.2) is 5.78 Å². The van der Waals surface area contributed by atoms with Gasteiger partial charge in [0, 0.05) is 24.4 Å². The summed E-state index contributed by atoms with van der Waals surface area (Å²) in [6.07, 6.45) is 1.98. The minimum atomic E-state index is 0.00264. The Labute approximate surface area is 149 Å². The van der Waals surface area contributed by atoms with Crippen LogP contribution in [0.5, 0.6) is 0 Å². The van der Waals surface area contributed by atoms with E-state index in [1.807, 2.05) is 29.2 Å². The number of hydrogen-bond acceptors (Lipinski definition) is 4. The number of thiophene rings is 1. The number of imidazole rings is 1. The van der Waals surface area contributed by atoms with Crippen LogP contribution in [0.4, 0.5) is 0 Å². The second-order valence-electron chi connectivity index (χ2n) is 6.49. The van der Waals surface area contributed by atoms with Gasteiger partial charge in [-0.25, -0.2) is 4.98 Å². The van der Waals surface area contributed by atoms with Crippen molar-refractivity contribution in [3.63, 3.8) is 0 Å². The molecule has 1 aliphatic rings. The van der Waals surface area contributed by atoms with Crippen molar-refractivity contribution in [2.24, 2.45) is 0 Å². The highest BCUT2D eigenvalue weighted by atomic mass is 32.1. The topological polar surface area (TPSA) is 66.1 Å². The number of aromatic amines is 1. The SMILES string of the molecule is CC(=O)c1cc(C(=O)N2CCC[C@H](c3nc4ccccc4[nH]3)C2)cs1. The molecule has 1 N–H and O–H groups in total. The zero-order chi connectivity index (χ0) is 17.4. The Bertz CT molecular complexity index is 910. The summed E-state index contributed by atoms with van der Waals surface area (Å²) in [7, 11) is 0. The normalized spacial score (nSPS) is 17.8. The third-order valence-electron chi connectivity index (χ3n) is 4.70. The van der Waals surface area contributed by atoms with Crippen LogP contribution in [0, 0.1) is 0 Å². The monoisotopic (exact) mass is 353 g/mol. The van der Waals surface area contributed by atoms with Crippen LogP contribution in [-0.2, 0) is 0 Å². The maximum atomic E-state index is 12.8. The third-order valence-corrected chi connectivity index (χ3v) is 5.73. The predicted octanol–water partition coefficient (Wildman–Crippen LogP) is 3.85. The Kier molecular flexibility index (Phi) is 4.13. The number of carbonyl (C=O) groups is 2. The van der Waals surface area contributed by atoms with E-state index in [1.165, 1.54) is 18.3 Å². The lowest BCUT2D eigenvalue weighted by molar-refractivity contribution is 0.0705. The van der Waals surface area contributed by atoms with E-state index in [-0.39, 0.29) is 17.6 Å². The molecule has 0 bridgehead atoms. The summed E-state index contributed by atoms with van der Waals surface area (Å²) < 4.78 is 0. The molecule has 25 heavy (non-hydrogen) atoms. The Morgan fingerprint density at radius 3 is 2.92 bits per heavy atom. The lowest BCUT2D eigenvalue weighted by atomic mass is 9.97. The molecule has 4 rings (SSSR count). The fraction of sp³-hybridized carbons (Fsp3) is 0.316. The van der Waals surface area contributed by atoms with Crippen LogP contribution in [0.25, 0.3) is 11.0 Å². The van der Waals surface area contributed by atoms with E-state index in [4.69, 9.17) is 4.98 Å². The van der Waals surface area contributed by atoms with Gasteiger partial charge in [-0.2, -0.15) is 0 Å².